The lowest BCUT2D eigenvalue weighted by Gasteiger charge is -2.39. The molecule has 15 heteroatoms. The number of phenolic OH excluding ortho intramolecular Hbond substituents is 2. The summed E-state index contributed by atoms with van der Waals surface area (Å²) in [6, 6.07) is 7.11. The fourth-order valence-electron chi connectivity index (χ4n) is 5.85. The third kappa shape index (κ3) is 6.33. The molecule has 3 heterocycles. The standard InChI is InChI=1S/C31H35N3O12/c35-7-1-6-31(30(43)44)12-18-10-22(38)23(45-29-28(42)27(41)26(40)24(14-36)46-29)11-20(18)34(31)25(39)5-3-16-2-4-21(37)17(8-16)9-19-13-32-15-33-19/h2-5,8,10-11,13,24,26-29,35-38,40-42H,1,6-7,9,12,14-15H2,(H,43,44)/b5-3+/t24-,26-,27+,28-,29-,31-/m1/s1. The lowest BCUT2D eigenvalue weighted by molar-refractivity contribution is -0.277. The van der Waals surface area contributed by atoms with Crippen LogP contribution in [0.3, 0.4) is 0 Å². The van der Waals surface area contributed by atoms with Crippen molar-refractivity contribution >= 4 is 35.6 Å². The minimum atomic E-state index is -1.85. The zero-order valence-corrected chi connectivity index (χ0v) is 24.5. The number of hydrogen-bond acceptors (Lipinski definition) is 13. The highest BCUT2D eigenvalue weighted by atomic mass is 16.7. The lowest BCUT2D eigenvalue weighted by Crippen LogP contribution is -2.60. The number of carboxylic acid groups (broad SMARTS) is 1. The van der Waals surface area contributed by atoms with E-state index in [4.69, 9.17) is 9.47 Å². The van der Waals surface area contributed by atoms with Crippen LogP contribution in [0.25, 0.3) is 6.08 Å². The van der Waals surface area contributed by atoms with Crippen molar-refractivity contribution in [1.82, 2.24) is 0 Å². The number of aliphatic carboxylic acids is 1. The average Bonchev–Trinajstić information content (AvgIpc) is 3.66. The molecular formula is C31H35N3O12. The molecule has 46 heavy (non-hydrogen) atoms. The fourth-order valence-corrected chi connectivity index (χ4v) is 5.85. The summed E-state index contributed by atoms with van der Waals surface area (Å²) in [6.07, 6.45) is -3.90. The molecule has 0 unspecified atom stereocenters. The van der Waals surface area contributed by atoms with Gasteiger partial charge in [0.15, 0.2) is 11.5 Å². The number of benzene rings is 2. The average molecular weight is 642 g/mol. The first-order valence-electron chi connectivity index (χ1n) is 14.5. The van der Waals surface area contributed by atoms with E-state index in [0.29, 0.717) is 29.9 Å². The monoisotopic (exact) mass is 641 g/mol. The summed E-state index contributed by atoms with van der Waals surface area (Å²) in [5, 5.41) is 81.2. The summed E-state index contributed by atoms with van der Waals surface area (Å²) in [5.74, 6) is -2.89. The molecule has 8 N–H and O–H groups in total. The Morgan fingerprint density at radius 3 is 2.52 bits per heavy atom. The van der Waals surface area contributed by atoms with E-state index in [1.165, 1.54) is 30.4 Å². The van der Waals surface area contributed by atoms with Gasteiger partial charge in [0.05, 0.1) is 18.0 Å². The number of phenols is 2. The van der Waals surface area contributed by atoms with Gasteiger partial charge in [0, 0.05) is 43.4 Å². The fraction of sp³-hybridized carbons (Fsp3) is 0.419. The molecule has 0 bridgehead atoms. The Morgan fingerprint density at radius 1 is 1.07 bits per heavy atom. The predicted molar refractivity (Wildman–Crippen MR) is 162 cm³/mol. The van der Waals surface area contributed by atoms with E-state index in [0.717, 1.165) is 4.90 Å². The summed E-state index contributed by atoms with van der Waals surface area (Å²) in [5.41, 5.74) is 0.261. The van der Waals surface area contributed by atoms with Crippen molar-refractivity contribution in [2.45, 2.75) is 61.9 Å². The normalized spacial score (nSPS) is 27.2. The first kappa shape index (κ1) is 33.0. The predicted octanol–water partition coefficient (Wildman–Crippen LogP) is -0.500. The smallest absolute Gasteiger partial charge is 0.330 e. The summed E-state index contributed by atoms with van der Waals surface area (Å²) >= 11 is 0. The molecule has 0 spiro atoms. The van der Waals surface area contributed by atoms with Gasteiger partial charge >= 0.3 is 5.97 Å². The van der Waals surface area contributed by atoms with Crippen LogP contribution in [0.4, 0.5) is 5.69 Å². The van der Waals surface area contributed by atoms with E-state index in [-0.39, 0.29) is 48.6 Å². The van der Waals surface area contributed by atoms with Crippen molar-refractivity contribution in [3.8, 4) is 17.2 Å². The van der Waals surface area contributed by atoms with Gasteiger partial charge in [-0.05, 0) is 48.2 Å². The highest BCUT2D eigenvalue weighted by molar-refractivity contribution is 6.32. The van der Waals surface area contributed by atoms with Gasteiger partial charge < -0.3 is 50.3 Å². The second-order valence-electron chi connectivity index (χ2n) is 11.3. The molecule has 2 aromatic carbocycles. The molecule has 1 amide bonds. The molecule has 3 aliphatic heterocycles. The largest absolute Gasteiger partial charge is 0.508 e. The molecule has 1 saturated heterocycles. The van der Waals surface area contributed by atoms with E-state index in [1.54, 1.807) is 18.3 Å². The SMILES string of the molecule is O=C(/C=C/c1ccc(O)c(CC2=NCN=C2)c1)N1c2cc(O[C@@H]3O[C@H](CO)[C@@H](O)[C@H](O)[C@H]3O)c(O)cc2C[C@]1(CCCO)C(=O)O. The molecule has 3 aliphatic rings. The number of carbonyl (C=O) groups is 2. The number of carboxylic acids is 1. The maximum atomic E-state index is 13.9. The summed E-state index contributed by atoms with van der Waals surface area (Å²) in [6.45, 7) is -0.741. The number of aliphatic imine (C=N–C) groups is 2. The van der Waals surface area contributed by atoms with E-state index >= 15 is 0 Å². The van der Waals surface area contributed by atoms with Gasteiger partial charge in [-0.25, -0.2) is 4.79 Å². The van der Waals surface area contributed by atoms with Gasteiger partial charge in [0.25, 0.3) is 5.91 Å². The van der Waals surface area contributed by atoms with Crippen LogP contribution >= 0.6 is 0 Å². The molecule has 2 aromatic rings. The van der Waals surface area contributed by atoms with Gasteiger partial charge in [-0.15, -0.1) is 0 Å². The zero-order valence-electron chi connectivity index (χ0n) is 24.5. The van der Waals surface area contributed by atoms with Crippen molar-refractivity contribution in [3.05, 3.63) is 53.1 Å². The molecule has 15 nitrogen and oxygen atoms in total. The Bertz CT molecular complexity index is 1570. The van der Waals surface area contributed by atoms with E-state index in [9.17, 15) is 50.4 Å². The highest BCUT2D eigenvalue weighted by Gasteiger charge is 2.52. The van der Waals surface area contributed by atoms with Gasteiger partial charge in [-0.1, -0.05) is 6.07 Å². The molecule has 6 atom stereocenters. The van der Waals surface area contributed by atoms with Gasteiger partial charge in [-0.2, -0.15) is 0 Å². The third-order valence-corrected chi connectivity index (χ3v) is 8.26. The van der Waals surface area contributed by atoms with Crippen molar-refractivity contribution in [2.75, 3.05) is 24.8 Å². The highest BCUT2D eigenvalue weighted by Crippen LogP contribution is 2.47. The number of fused-ring (bicyclic) bond motifs is 1. The topological polar surface area (TPSA) is 242 Å². The van der Waals surface area contributed by atoms with E-state index in [2.05, 4.69) is 9.98 Å². The molecule has 246 valence electrons. The third-order valence-electron chi connectivity index (χ3n) is 8.26. The summed E-state index contributed by atoms with van der Waals surface area (Å²) < 4.78 is 11.0. The van der Waals surface area contributed by atoms with Gasteiger partial charge in [-0.3, -0.25) is 19.7 Å². The molecule has 0 saturated carbocycles. The summed E-state index contributed by atoms with van der Waals surface area (Å²) in [7, 11) is 0. The number of aliphatic hydroxyl groups excluding tert-OH is 5. The number of aliphatic hydroxyl groups is 5. The van der Waals surface area contributed by atoms with Crippen molar-refractivity contribution < 1.29 is 59.9 Å². The first-order chi connectivity index (χ1) is 22.0. The maximum absolute atomic E-state index is 13.9. The number of anilines is 1. The Labute approximate surface area is 262 Å². The van der Waals surface area contributed by atoms with Crippen molar-refractivity contribution in [2.24, 2.45) is 9.98 Å². The van der Waals surface area contributed by atoms with Crippen LogP contribution < -0.4 is 9.64 Å². The zero-order chi connectivity index (χ0) is 33.2. The van der Waals surface area contributed by atoms with Crippen LogP contribution in [0.15, 0.2) is 46.4 Å². The number of carbonyl (C=O) groups excluding carboxylic acids is 1. The van der Waals surface area contributed by atoms with Crippen LogP contribution in [-0.4, -0.2) is 121 Å². The number of amides is 1. The van der Waals surface area contributed by atoms with Crippen molar-refractivity contribution in [3.63, 3.8) is 0 Å². The van der Waals surface area contributed by atoms with Crippen LogP contribution in [0.2, 0.25) is 0 Å². The Balaban J connectivity index is 1.48. The Kier molecular flexibility index (Phi) is 9.71. The number of nitrogens with zero attached hydrogens (tertiary/aromatic N) is 3. The molecule has 0 radical (unpaired) electrons. The van der Waals surface area contributed by atoms with Crippen LogP contribution in [0.5, 0.6) is 17.2 Å². The van der Waals surface area contributed by atoms with Crippen molar-refractivity contribution in [1.29, 1.82) is 0 Å². The van der Waals surface area contributed by atoms with Gasteiger partial charge in [0.1, 0.15) is 42.4 Å². The second-order valence-corrected chi connectivity index (χ2v) is 11.3. The Morgan fingerprint density at radius 2 is 1.85 bits per heavy atom. The number of aromatic hydroxyl groups is 2. The maximum Gasteiger partial charge on any atom is 0.330 e. The number of ether oxygens (including phenoxy) is 2. The first-order valence-corrected chi connectivity index (χ1v) is 14.5. The lowest BCUT2D eigenvalue weighted by atomic mass is 9.88. The van der Waals surface area contributed by atoms with E-state index < -0.39 is 60.5 Å². The number of hydrogen-bond donors (Lipinski definition) is 8. The van der Waals surface area contributed by atoms with Gasteiger partial charge in [0.2, 0.25) is 6.29 Å². The van der Waals surface area contributed by atoms with Crippen LogP contribution in [0.1, 0.15) is 29.5 Å². The minimum absolute atomic E-state index is 0.0283. The quantitative estimate of drug-likeness (QED) is 0.145. The summed E-state index contributed by atoms with van der Waals surface area (Å²) in [4.78, 5) is 36.0. The molecule has 1 fully saturated rings. The molecular weight excluding hydrogens is 606 g/mol. The number of rotatable bonds is 11. The Hall–Kier alpha value is -4.38. The van der Waals surface area contributed by atoms with Crippen LogP contribution in [0, 0.1) is 0 Å². The van der Waals surface area contributed by atoms with Crippen LogP contribution in [-0.2, 0) is 27.2 Å². The second kappa shape index (κ2) is 13.5. The van der Waals surface area contributed by atoms with E-state index in [1.807, 2.05) is 0 Å². The molecule has 0 aromatic heterocycles. The minimum Gasteiger partial charge on any atom is -0.508 e. The molecule has 5 rings (SSSR count). The molecule has 0 aliphatic carbocycles.